The number of hydrogen-bond acceptors (Lipinski definition) is 8. The molecule has 128 valence electrons. The van der Waals surface area contributed by atoms with E-state index >= 15 is 0 Å². The molecule has 10 heteroatoms. The van der Waals surface area contributed by atoms with Crippen LogP contribution in [0.5, 0.6) is 0 Å². The Morgan fingerprint density at radius 3 is 2.45 bits per heavy atom. The van der Waals surface area contributed by atoms with Gasteiger partial charge in [-0.2, -0.15) is 0 Å². The minimum absolute atomic E-state index is 0.357. The zero-order valence-electron chi connectivity index (χ0n) is 11.9. The van der Waals surface area contributed by atoms with Crippen LogP contribution in [0.4, 0.5) is 0 Å². The van der Waals surface area contributed by atoms with Crippen molar-refractivity contribution in [2.45, 2.75) is 50.1 Å². The van der Waals surface area contributed by atoms with Gasteiger partial charge in [-0.15, -0.1) is 0 Å². The molecule has 22 heavy (non-hydrogen) atoms. The molecule has 1 saturated heterocycles. The molecule has 6 atom stereocenters. The fourth-order valence-electron chi connectivity index (χ4n) is 2.45. The van der Waals surface area contributed by atoms with E-state index in [1.54, 1.807) is 0 Å². The Balaban J connectivity index is 3.01. The highest BCUT2D eigenvalue weighted by molar-refractivity contribution is 5.75. The van der Waals surface area contributed by atoms with E-state index < -0.39 is 61.1 Å². The monoisotopic (exact) mass is 323 g/mol. The van der Waals surface area contributed by atoms with Gasteiger partial charge in [-0.05, 0) is 0 Å². The van der Waals surface area contributed by atoms with Crippen LogP contribution in [0.1, 0.15) is 19.8 Å². The highest BCUT2D eigenvalue weighted by Gasteiger charge is 2.52. The third-order valence-electron chi connectivity index (χ3n) is 3.47. The van der Waals surface area contributed by atoms with E-state index in [-0.39, 0.29) is 6.42 Å². The third kappa shape index (κ3) is 4.35. The fourth-order valence-corrected chi connectivity index (χ4v) is 2.45. The summed E-state index contributed by atoms with van der Waals surface area (Å²) in [6, 6.07) is 0. The second-order valence-electron chi connectivity index (χ2n) is 5.31. The second-order valence-corrected chi connectivity index (χ2v) is 5.31. The van der Waals surface area contributed by atoms with E-state index in [1.165, 1.54) is 0 Å². The molecule has 7 N–H and O–H groups in total. The maximum Gasteiger partial charge on any atom is 0.364 e. The molecule has 1 rings (SSSR count). The van der Waals surface area contributed by atoms with Crippen LogP contribution in [0.15, 0.2) is 0 Å². The summed E-state index contributed by atoms with van der Waals surface area (Å²) in [4.78, 5) is 22.0. The number of ether oxygens (including phenoxy) is 1. The first-order chi connectivity index (χ1) is 10.1. The Labute approximate surface area is 125 Å². The lowest BCUT2D eigenvalue weighted by Gasteiger charge is -2.44. The van der Waals surface area contributed by atoms with E-state index in [4.69, 9.17) is 14.9 Å². The highest BCUT2D eigenvalue weighted by atomic mass is 16.7. The van der Waals surface area contributed by atoms with Crippen molar-refractivity contribution in [3.8, 4) is 0 Å². The number of aliphatic hydroxyl groups excluding tert-OH is 4. The first-order valence-corrected chi connectivity index (χ1v) is 6.66. The zero-order chi connectivity index (χ0) is 17.1. The van der Waals surface area contributed by atoms with Crippen LogP contribution in [0.3, 0.4) is 0 Å². The first kappa shape index (κ1) is 18.7. The van der Waals surface area contributed by atoms with Gasteiger partial charge in [0, 0.05) is 19.8 Å². The van der Waals surface area contributed by atoms with Gasteiger partial charge in [-0.25, -0.2) is 4.79 Å². The average Bonchev–Trinajstić information content (AvgIpc) is 2.36. The lowest BCUT2D eigenvalue weighted by molar-refractivity contribution is -0.297. The van der Waals surface area contributed by atoms with E-state index in [1.807, 2.05) is 0 Å². The molecule has 0 aromatic heterocycles. The van der Waals surface area contributed by atoms with Crippen molar-refractivity contribution in [1.29, 1.82) is 0 Å². The SMILES string of the molecule is CC(=O)N[C@@H](O)C1C(O)CC(O)(C(=O)O)OC1C[C@H](O)CO. The summed E-state index contributed by atoms with van der Waals surface area (Å²) < 4.78 is 5.01. The molecule has 0 radical (unpaired) electrons. The molecular formula is C12H21NO9. The van der Waals surface area contributed by atoms with E-state index in [0.717, 1.165) is 6.92 Å². The predicted molar refractivity (Wildman–Crippen MR) is 69.1 cm³/mol. The maximum atomic E-state index is 11.0. The van der Waals surface area contributed by atoms with Crippen molar-refractivity contribution in [3.63, 3.8) is 0 Å². The Morgan fingerprint density at radius 2 is 2.00 bits per heavy atom. The van der Waals surface area contributed by atoms with Crippen LogP contribution in [0.25, 0.3) is 0 Å². The van der Waals surface area contributed by atoms with Crippen molar-refractivity contribution in [2.75, 3.05) is 6.61 Å². The first-order valence-electron chi connectivity index (χ1n) is 6.66. The molecular weight excluding hydrogens is 302 g/mol. The molecule has 1 heterocycles. The van der Waals surface area contributed by atoms with Crippen LogP contribution in [-0.4, -0.2) is 79.4 Å². The smallest absolute Gasteiger partial charge is 0.364 e. The van der Waals surface area contributed by atoms with E-state index in [9.17, 15) is 30.0 Å². The Morgan fingerprint density at radius 1 is 1.41 bits per heavy atom. The summed E-state index contributed by atoms with van der Waals surface area (Å²) in [6.07, 6.45) is -6.82. The minimum Gasteiger partial charge on any atom is -0.477 e. The number of carboxylic acids is 1. The van der Waals surface area contributed by atoms with Crippen molar-refractivity contribution in [2.24, 2.45) is 5.92 Å². The van der Waals surface area contributed by atoms with Crippen LogP contribution in [0.2, 0.25) is 0 Å². The van der Waals surface area contributed by atoms with Gasteiger partial charge in [0.1, 0.15) is 6.23 Å². The zero-order valence-corrected chi connectivity index (χ0v) is 11.9. The molecule has 0 aromatic carbocycles. The van der Waals surface area contributed by atoms with Crippen LogP contribution in [0, 0.1) is 5.92 Å². The van der Waals surface area contributed by atoms with Gasteiger partial charge < -0.3 is 40.7 Å². The number of nitrogens with one attached hydrogen (secondary N) is 1. The number of aliphatic carboxylic acids is 1. The van der Waals surface area contributed by atoms with E-state index in [2.05, 4.69) is 5.32 Å². The molecule has 0 spiro atoms. The van der Waals surface area contributed by atoms with Crippen LogP contribution < -0.4 is 5.32 Å². The summed E-state index contributed by atoms with van der Waals surface area (Å²) in [7, 11) is 0. The highest BCUT2D eigenvalue weighted by Crippen LogP contribution is 2.35. The quantitative estimate of drug-likeness (QED) is 0.247. The molecule has 1 aliphatic rings. The summed E-state index contributed by atoms with van der Waals surface area (Å²) in [5.41, 5.74) is 0. The van der Waals surface area contributed by atoms with Gasteiger partial charge in [-0.3, -0.25) is 4.79 Å². The Bertz CT molecular complexity index is 417. The van der Waals surface area contributed by atoms with Crippen LogP contribution >= 0.6 is 0 Å². The molecule has 0 saturated carbocycles. The summed E-state index contributed by atoms with van der Waals surface area (Å²) in [5.74, 6) is -6.21. The number of carbonyl (C=O) groups excluding carboxylic acids is 1. The van der Waals surface area contributed by atoms with Gasteiger partial charge in [0.25, 0.3) is 5.79 Å². The number of hydrogen-bond donors (Lipinski definition) is 7. The van der Waals surface area contributed by atoms with Gasteiger partial charge in [0.15, 0.2) is 0 Å². The molecule has 0 bridgehead atoms. The normalized spacial score (nSPS) is 34.7. The lowest BCUT2D eigenvalue weighted by atomic mass is 9.83. The fraction of sp³-hybridized carbons (Fsp3) is 0.833. The Kier molecular flexibility index (Phi) is 6.23. The topological polar surface area (TPSA) is 177 Å². The number of carboxylic acid groups (broad SMARTS) is 1. The summed E-state index contributed by atoms with van der Waals surface area (Å²) >= 11 is 0. The number of rotatable bonds is 6. The largest absolute Gasteiger partial charge is 0.477 e. The second kappa shape index (κ2) is 7.31. The van der Waals surface area contributed by atoms with Gasteiger partial charge in [-0.1, -0.05) is 0 Å². The average molecular weight is 323 g/mol. The standard InChI is InChI=1S/C12H21NO9/c1-5(15)13-10(18)9-7(17)3-12(21,11(19)20)22-8(9)2-6(16)4-14/h6-10,14,16-18,21H,2-4H2,1H3,(H,13,15)(H,19,20)/t6-,7?,8?,9?,10-,12?/m0/s1. The molecule has 10 nitrogen and oxygen atoms in total. The molecule has 0 aliphatic carbocycles. The van der Waals surface area contributed by atoms with Crippen molar-refractivity contribution >= 4 is 11.9 Å². The van der Waals surface area contributed by atoms with Gasteiger partial charge in [0.05, 0.1) is 30.8 Å². The molecule has 1 fully saturated rings. The summed E-state index contributed by atoms with van der Waals surface area (Å²) in [6.45, 7) is 0.467. The lowest BCUT2D eigenvalue weighted by Crippen LogP contribution is -2.61. The maximum absolute atomic E-state index is 11.0. The molecule has 1 amide bonds. The molecule has 0 aromatic rings. The van der Waals surface area contributed by atoms with Crippen LogP contribution in [-0.2, 0) is 14.3 Å². The van der Waals surface area contributed by atoms with Crippen molar-refractivity contribution in [1.82, 2.24) is 5.32 Å². The van der Waals surface area contributed by atoms with Crippen molar-refractivity contribution < 1.29 is 45.0 Å². The summed E-state index contributed by atoms with van der Waals surface area (Å²) in [5, 5.41) is 59.3. The Hall–Kier alpha value is -1.30. The minimum atomic E-state index is -2.69. The van der Waals surface area contributed by atoms with E-state index in [0.29, 0.717) is 0 Å². The van der Waals surface area contributed by atoms with Gasteiger partial charge >= 0.3 is 5.97 Å². The molecule has 1 aliphatic heterocycles. The number of amides is 1. The molecule has 4 unspecified atom stereocenters. The van der Waals surface area contributed by atoms with Gasteiger partial charge in [0.2, 0.25) is 5.91 Å². The predicted octanol–water partition coefficient (Wildman–Crippen LogP) is -3.28. The van der Waals surface area contributed by atoms with Crippen molar-refractivity contribution in [3.05, 3.63) is 0 Å². The number of aliphatic hydroxyl groups is 5. The third-order valence-corrected chi connectivity index (χ3v) is 3.47. The number of carbonyl (C=O) groups is 2.